The van der Waals surface area contributed by atoms with Gasteiger partial charge in [-0.1, -0.05) is 42.5 Å². The summed E-state index contributed by atoms with van der Waals surface area (Å²) >= 11 is 0. The number of hydrazone groups is 1. The van der Waals surface area contributed by atoms with Gasteiger partial charge in [-0.25, -0.2) is 9.97 Å². The van der Waals surface area contributed by atoms with Gasteiger partial charge in [-0.15, -0.1) is 0 Å². The summed E-state index contributed by atoms with van der Waals surface area (Å²) in [6.07, 6.45) is 0.636. The zero-order valence-corrected chi connectivity index (χ0v) is 14.8. The molecule has 5 heteroatoms. The lowest BCUT2D eigenvalue weighted by Gasteiger charge is -2.27. The van der Waals surface area contributed by atoms with Crippen molar-refractivity contribution in [2.45, 2.75) is 26.4 Å². The van der Waals surface area contributed by atoms with Gasteiger partial charge in [-0.05, 0) is 31.5 Å². The van der Waals surface area contributed by atoms with E-state index in [9.17, 15) is 0 Å². The second-order valence-electron chi connectivity index (χ2n) is 6.33. The number of hydrogen-bond donors (Lipinski definition) is 1. The van der Waals surface area contributed by atoms with E-state index in [2.05, 4.69) is 32.6 Å². The minimum absolute atomic E-state index is 0.0551. The summed E-state index contributed by atoms with van der Waals surface area (Å²) in [6, 6.07) is 20.1. The predicted octanol–water partition coefficient (Wildman–Crippen LogP) is 4.43. The molecule has 5 nitrogen and oxygen atoms in total. The minimum atomic E-state index is -0.0551. The first kappa shape index (κ1) is 16.3. The van der Waals surface area contributed by atoms with Gasteiger partial charge in [0.1, 0.15) is 23.5 Å². The maximum absolute atomic E-state index is 6.20. The Morgan fingerprint density at radius 1 is 1.00 bits per heavy atom. The van der Waals surface area contributed by atoms with E-state index in [1.54, 1.807) is 0 Å². The number of ether oxygens (including phenoxy) is 1. The molecule has 26 heavy (non-hydrogen) atoms. The largest absolute Gasteiger partial charge is 0.485 e. The summed E-state index contributed by atoms with van der Waals surface area (Å²) in [7, 11) is 0. The van der Waals surface area contributed by atoms with Crippen LogP contribution >= 0.6 is 0 Å². The SMILES string of the molecule is Cc1cc(N/N=C2/CC(c3ccccc3)Oc3ccccc32)nc(C)n1. The molecule has 0 saturated carbocycles. The average Bonchev–Trinajstić information content (AvgIpc) is 2.66. The highest BCUT2D eigenvalue weighted by molar-refractivity contribution is 6.04. The molecule has 1 N–H and O–H groups in total. The van der Waals surface area contributed by atoms with Crippen LogP contribution in [0.4, 0.5) is 5.82 Å². The molecular weight excluding hydrogens is 324 g/mol. The van der Waals surface area contributed by atoms with E-state index in [-0.39, 0.29) is 6.10 Å². The highest BCUT2D eigenvalue weighted by Gasteiger charge is 2.26. The predicted molar refractivity (Wildman–Crippen MR) is 103 cm³/mol. The lowest BCUT2D eigenvalue weighted by atomic mass is 9.96. The van der Waals surface area contributed by atoms with Crippen LogP contribution in [0.15, 0.2) is 65.8 Å². The molecule has 2 heterocycles. The summed E-state index contributed by atoms with van der Waals surface area (Å²) in [6.45, 7) is 3.82. The number of hydrogen-bond acceptors (Lipinski definition) is 5. The fraction of sp³-hybridized carbons (Fsp3) is 0.190. The lowest BCUT2D eigenvalue weighted by Crippen LogP contribution is -2.22. The van der Waals surface area contributed by atoms with E-state index in [4.69, 9.17) is 4.74 Å². The van der Waals surface area contributed by atoms with Crippen LogP contribution in [0.5, 0.6) is 5.75 Å². The van der Waals surface area contributed by atoms with Gasteiger partial charge in [0, 0.05) is 23.7 Å². The molecule has 130 valence electrons. The monoisotopic (exact) mass is 344 g/mol. The van der Waals surface area contributed by atoms with Gasteiger partial charge in [0.2, 0.25) is 0 Å². The van der Waals surface area contributed by atoms with Crippen LogP contribution in [-0.2, 0) is 0 Å². The molecule has 2 aromatic carbocycles. The number of fused-ring (bicyclic) bond motifs is 1. The van der Waals surface area contributed by atoms with Crippen LogP contribution in [0.25, 0.3) is 0 Å². The van der Waals surface area contributed by atoms with Crippen molar-refractivity contribution in [3.8, 4) is 5.75 Å². The molecule has 0 aliphatic carbocycles. The fourth-order valence-electron chi connectivity index (χ4n) is 3.15. The Morgan fingerprint density at radius 2 is 1.77 bits per heavy atom. The summed E-state index contributed by atoms with van der Waals surface area (Å²) in [5.74, 6) is 2.27. The summed E-state index contributed by atoms with van der Waals surface area (Å²) in [5, 5.41) is 4.65. The van der Waals surface area contributed by atoms with Crippen LogP contribution in [0.1, 0.15) is 35.2 Å². The molecule has 1 aliphatic heterocycles. The van der Waals surface area contributed by atoms with Gasteiger partial charge >= 0.3 is 0 Å². The number of rotatable bonds is 3. The third kappa shape index (κ3) is 3.42. The van der Waals surface area contributed by atoms with E-state index in [0.717, 1.165) is 34.1 Å². The van der Waals surface area contributed by atoms with Gasteiger partial charge in [0.05, 0.1) is 5.71 Å². The number of anilines is 1. The number of benzene rings is 2. The number of aryl methyl sites for hydroxylation is 2. The van der Waals surface area contributed by atoms with Crippen molar-refractivity contribution < 1.29 is 4.74 Å². The van der Waals surface area contributed by atoms with E-state index < -0.39 is 0 Å². The molecule has 0 bridgehead atoms. The summed E-state index contributed by atoms with van der Waals surface area (Å²) in [4.78, 5) is 8.69. The molecule has 0 amide bonds. The van der Waals surface area contributed by atoms with Crippen molar-refractivity contribution in [1.82, 2.24) is 9.97 Å². The average molecular weight is 344 g/mol. The first-order chi connectivity index (χ1) is 12.7. The van der Waals surface area contributed by atoms with Crippen molar-refractivity contribution in [3.05, 3.63) is 83.3 Å². The Morgan fingerprint density at radius 3 is 2.58 bits per heavy atom. The van der Waals surface area contributed by atoms with Crippen LogP contribution in [-0.4, -0.2) is 15.7 Å². The Kier molecular flexibility index (Phi) is 4.35. The van der Waals surface area contributed by atoms with E-state index >= 15 is 0 Å². The maximum Gasteiger partial charge on any atom is 0.150 e. The quantitative estimate of drug-likeness (QED) is 0.714. The van der Waals surface area contributed by atoms with Gasteiger partial charge in [0.15, 0.2) is 0 Å². The third-order valence-electron chi connectivity index (χ3n) is 4.29. The number of aromatic nitrogens is 2. The van der Waals surface area contributed by atoms with E-state index in [1.807, 2.05) is 62.4 Å². The number of nitrogens with one attached hydrogen (secondary N) is 1. The minimum Gasteiger partial charge on any atom is -0.485 e. The Balaban J connectivity index is 1.67. The van der Waals surface area contributed by atoms with Gasteiger partial charge in [-0.3, -0.25) is 5.43 Å². The van der Waals surface area contributed by atoms with Crippen LogP contribution in [0.3, 0.4) is 0 Å². The van der Waals surface area contributed by atoms with Crippen molar-refractivity contribution in [2.24, 2.45) is 5.10 Å². The second-order valence-corrected chi connectivity index (χ2v) is 6.33. The molecule has 0 fully saturated rings. The zero-order valence-electron chi connectivity index (χ0n) is 14.8. The lowest BCUT2D eigenvalue weighted by molar-refractivity contribution is 0.206. The van der Waals surface area contributed by atoms with Crippen LogP contribution < -0.4 is 10.2 Å². The maximum atomic E-state index is 6.20. The first-order valence-corrected chi connectivity index (χ1v) is 8.65. The topological polar surface area (TPSA) is 59.4 Å². The van der Waals surface area contributed by atoms with Crippen molar-refractivity contribution in [3.63, 3.8) is 0 Å². The van der Waals surface area contributed by atoms with E-state index in [0.29, 0.717) is 12.2 Å². The Hall–Kier alpha value is -3.21. The van der Waals surface area contributed by atoms with Gasteiger partial charge < -0.3 is 4.74 Å². The normalized spacial score (nSPS) is 17.5. The van der Waals surface area contributed by atoms with E-state index in [1.165, 1.54) is 0 Å². The zero-order chi connectivity index (χ0) is 17.9. The van der Waals surface area contributed by atoms with Crippen molar-refractivity contribution in [1.29, 1.82) is 0 Å². The molecule has 3 aromatic rings. The third-order valence-corrected chi connectivity index (χ3v) is 4.29. The molecule has 0 radical (unpaired) electrons. The Bertz CT molecular complexity index is 933. The molecular formula is C21H20N4O. The standard InChI is InChI=1S/C21H20N4O/c1-14-12-21(23-15(2)22-14)25-24-18-13-20(16-8-4-3-5-9-16)26-19-11-7-6-10-17(18)19/h3-12,20H,13H2,1-2H3,(H,22,23,25)/b24-18-. The molecule has 0 spiro atoms. The summed E-state index contributed by atoms with van der Waals surface area (Å²) in [5.41, 5.74) is 7.11. The smallest absolute Gasteiger partial charge is 0.150 e. The van der Waals surface area contributed by atoms with Crippen molar-refractivity contribution in [2.75, 3.05) is 5.43 Å². The van der Waals surface area contributed by atoms with Crippen molar-refractivity contribution >= 4 is 11.5 Å². The van der Waals surface area contributed by atoms with Crippen LogP contribution in [0.2, 0.25) is 0 Å². The molecule has 1 unspecified atom stereocenters. The first-order valence-electron chi connectivity index (χ1n) is 8.65. The van der Waals surface area contributed by atoms with Gasteiger partial charge in [0.25, 0.3) is 0 Å². The highest BCUT2D eigenvalue weighted by atomic mass is 16.5. The number of nitrogens with zero attached hydrogens (tertiary/aromatic N) is 3. The fourth-order valence-corrected chi connectivity index (χ4v) is 3.15. The molecule has 1 atom stereocenters. The molecule has 1 aliphatic rings. The Labute approximate surface area is 152 Å². The van der Waals surface area contributed by atoms with Crippen LogP contribution in [0, 0.1) is 13.8 Å². The molecule has 1 aromatic heterocycles. The molecule has 0 saturated heterocycles. The highest BCUT2D eigenvalue weighted by Crippen LogP contribution is 2.35. The second kappa shape index (κ2) is 6.96. The van der Waals surface area contributed by atoms with Gasteiger partial charge in [-0.2, -0.15) is 5.10 Å². The number of para-hydroxylation sites is 1. The summed E-state index contributed by atoms with van der Waals surface area (Å²) < 4.78 is 6.20. The molecule has 4 rings (SSSR count).